The summed E-state index contributed by atoms with van der Waals surface area (Å²) in [5.41, 5.74) is 1.85. The van der Waals surface area contributed by atoms with Gasteiger partial charge in [-0.25, -0.2) is 0 Å². The molecule has 1 N–H and O–H groups in total. The van der Waals surface area contributed by atoms with Crippen LogP contribution < -0.4 is 10.2 Å². The van der Waals surface area contributed by atoms with Crippen molar-refractivity contribution in [2.75, 3.05) is 37.7 Å². The molecule has 6 nitrogen and oxygen atoms in total. The number of nitrogens with one attached hydrogen (secondary N) is 1. The molecule has 3 rings (SSSR count). The van der Waals surface area contributed by atoms with Crippen molar-refractivity contribution < 1.29 is 14.3 Å². The number of benzene rings is 1. The fourth-order valence-electron chi connectivity index (χ4n) is 2.85. The van der Waals surface area contributed by atoms with Gasteiger partial charge in [-0.1, -0.05) is 24.3 Å². The molecule has 2 amide bonds. The van der Waals surface area contributed by atoms with E-state index in [0.29, 0.717) is 13.2 Å². The number of anilines is 1. The number of carbonyl (C=O) groups is 2. The van der Waals surface area contributed by atoms with Crippen molar-refractivity contribution in [1.82, 2.24) is 10.2 Å². The molecule has 2 saturated heterocycles. The van der Waals surface area contributed by atoms with Gasteiger partial charge in [0.05, 0.1) is 13.2 Å². The van der Waals surface area contributed by atoms with Crippen molar-refractivity contribution in [1.29, 1.82) is 0 Å². The minimum Gasteiger partial charge on any atom is -0.378 e. The molecule has 7 heteroatoms. The summed E-state index contributed by atoms with van der Waals surface area (Å²) < 4.78 is 5.39. The van der Waals surface area contributed by atoms with Gasteiger partial charge < -0.3 is 9.64 Å². The summed E-state index contributed by atoms with van der Waals surface area (Å²) in [6.07, 6.45) is 3.20. The summed E-state index contributed by atoms with van der Waals surface area (Å²) in [5.74, 6) is -0.891. The molecule has 0 aliphatic carbocycles. The first-order valence-electron chi connectivity index (χ1n) is 8.03. The Morgan fingerprint density at radius 1 is 1.24 bits per heavy atom. The molecule has 0 spiro atoms. The number of carbonyl (C=O) groups excluding carboxylic acids is 2. The standard InChI is InChI=1S/C18H19N3O3S/c1-2-7-21-17(23)14(16(22)19-18(21)25)12-13-5-3-4-6-15(13)20-8-10-24-11-9-20/h2-6,12H,1,7-11H2,(H,19,22,25)/b14-12-. The van der Waals surface area contributed by atoms with Crippen LogP contribution >= 0.6 is 12.2 Å². The van der Waals surface area contributed by atoms with Gasteiger partial charge in [0.2, 0.25) is 0 Å². The van der Waals surface area contributed by atoms with Crippen LogP contribution in [0.3, 0.4) is 0 Å². The molecule has 25 heavy (non-hydrogen) atoms. The van der Waals surface area contributed by atoms with E-state index in [1.54, 1.807) is 12.2 Å². The highest BCUT2D eigenvalue weighted by Crippen LogP contribution is 2.25. The van der Waals surface area contributed by atoms with Gasteiger partial charge in [-0.3, -0.25) is 19.8 Å². The maximum absolute atomic E-state index is 12.7. The normalized spacial score (nSPS) is 20.0. The lowest BCUT2D eigenvalue weighted by Gasteiger charge is -2.31. The highest BCUT2D eigenvalue weighted by Gasteiger charge is 2.32. The lowest BCUT2D eigenvalue weighted by atomic mass is 10.0. The zero-order chi connectivity index (χ0) is 17.8. The van der Waals surface area contributed by atoms with E-state index >= 15 is 0 Å². The zero-order valence-corrected chi connectivity index (χ0v) is 14.6. The Morgan fingerprint density at radius 3 is 2.68 bits per heavy atom. The summed E-state index contributed by atoms with van der Waals surface area (Å²) in [7, 11) is 0. The van der Waals surface area contributed by atoms with Crippen molar-refractivity contribution in [3.63, 3.8) is 0 Å². The highest BCUT2D eigenvalue weighted by molar-refractivity contribution is 7.80. The Kier molecular flexibility index (Phi) is 5.25. The van der Waals surface area contributed by atoms with E-state index in [9.17, 15) is 9.59 Å². The first-order valence-corrected chi connectivity index (χ1v) is 8.44. The predicted octanol–water partition coefficient (Wildman–Crippen LogP) is 1.34. The molecular weight excluding hydrogens is 338 g/mol. The fraction of sp³-hybridized carbons (Fsp3) is 0.278. The summed E-state index contributed by atoms with van der Waals surface area (Å²) in [6.45, 7) is 6.73. The Balaban J connectivity index is 1.96. The number of amides is 2. The first kappa shape index (κ1) is 17.3. The van der Waals surface area contributed by atoms with Crippen molar-refractivity contribution >= 4 is 40.9 Å². The SMILES string of the molecule is C=CCN1C(=O)/C(=C\c2ccccc2N2CCOCC2)C(=O)NC1=S. The van der Waals surface area contributed by atoms with Crippen LogP contribution in [0.15, 0.2) is 42.5 Å². The van der Waals surface area contributed by atoms with Crippen molar-refractivity contribution in [3.05, 3.63) is 48.1 Å². The molecule has 2 fully saturated rings. The molecular formula is C18H19N3O3S. The van der Waals surface area contributed by atoms with E-state index in [-0.39, 0.29) is 17.2 Å². The van der Waals surface area contributed by atoms with Gasteiger partial charge in [0.15, 0.2) is 5.11 Å². The van der Waals surface area contributed by atoms with Crippen LogP contribution in [-0.4, -0.2) is 54.7 Å². The topological polar surface area (TPSA) is 61.9 Å². The van der Waals surface area contributed by atoms with Gasteiger partial charge in [0.1, 0.15) is 5.57 Å². The van der Waals surface area contributed by atoms with E-state index < -0.39 is 11.8 Å². The van der Waals surface area contributed by atoms with E-state index in [1.807, 2.05) is 24.3 Å². The molecule has 1 aromatic rings. The number of rotatable bonds is 4. The number of para-hydroxylation sites is 1. The summed E-state index contributed by atoms with van der Waals surface area (Å²) in [6, 6.07) is 7.70. The van der Waals surface area contributed by atoms with Gasteiger partial charge in [0.25, 0.3) is 11.8 Å². The van der Waals surface area contributed by atoms with Crippen LogP contribution in [0.4, 0.5) is 5.69 Å². The highest BCUT2D eigenvalue weighted by atomic mass is 32.1. The molecule has 0 unspecified atom stereocenters. The molecule has 130 valence electrons. The van der Waals surface area contributed by atoms with Crippen LogP contribution in [0.25, 0.3) is 6.08 Å². The number of morpholine rings is 1. The van der Waals surface area contributed by atoms with Crippen LogP contribution in [0.2, 0.25) is 0 Å². The average molecular weight is 357 g/mol. The molecule has 1 aromatic carbocycles. The monoisotopic (exact) mass is 357 g/mol. The number of thiocarbonyl (C=S) groups is 1. The molecule has 0 radical (unpaired) electrons. The van der Waals surface area contributed by atoms with Gasteiger partial charge in [-0.2, -0.15) is 0 Å². The molecule has 2 heterocycles. The van der Waals surface area contributed by atoms with E-state index in [1.165, 1.54) is 4.90 Å². The van der Waals surface area contributed by atoms with E-state index in [0.717, 1.165) is 24.3 Å². The summed E-state index contributed by atoms with van der Waals surface area (Å²) >= 11 is 5.07. The first-order chi connectivity index (χ1) is 12.1. The Hall–Kier alpha value is -2.51. The minimum absolute atomic E-state index is 0.0659. The molecule has 0 atom stereocenters. The third kappa shape index (κ3) is 3.62. The van der Waals surface area contributed by atoms with E-state index in [2.05, 4.69) is 16.8 Å². The molecule has 0 saturated carbocycles. The third-order valence-corrected chi connectivity index (χ3v) is 4.41. The van der Waals surface area contributed by atoms with Crippen LogP contribution in [0.5, 0.6) is 0 Å². The zero-order valence-electron chi connectivity index (χ0n) is 13.7. The number of hydrogen-bond donors (Lipinski definition) is 1. The van der Waals surface area contributed by atoms with Crippen LogP contribution in [0, 0.1) is 0 Å². The van der Waals surface area contributed by atoms with Gasteiger partial charge >= 0.3 is 0 Å². The molecule has 0 aromatic heterocycles. The maximum Gasteiger partial charge on any atom is 0.265 e. The second-order valence-corrected chi connectivity index (χ2v) is 6.07. The fourth-order valence-corrected chi connectivity index (χ4v) is 3.10. The van der Waals surface area contributed by atoms with Gasteiger partial charge in [-0.15, -0.1) is 6.58 Å². The predicted molar refractivity (Wildman–Crippen MR) is 100 cm³/mol. The molecule has 0 bridgehead atoms. The Labute approximate surface area is 151 Å². The van der Waals surface area contributed by atoms with E-state index in [4.69, 9.17) is 17.0 Å². The number of hydrogen-bond acceptors (Lipinski definition) is 5. The Bertz CT molecular complexity index is 754. The summed E-state index contributed by atoms with van der Waals surface area (Å²) in [5, 5.41) is 2.67. The van der Waals surface area contributed by atoms with Crippen molar-refractivity contribution in [2.24, 2.45) is 0 Å². The van der Waals surface area contributed by atoms with Crippen molar-refractivity contribution in [2.45, 2.75) is 0 Å². The minimum atomic E-state index is -0.480. The maximum atomic E-state index is 12.7. The van der Waals surface area contributed by atoms with Gasteiger partial charge in [-0.05, 0) is 29.9 Å². The van der Waals surface area contributed by atoms with Crippen molar-refractivity contribution in [3.8, 4) is 0 Å². The quantitative estimate of drug-likeness (QED) is 0.381. The lowest BCUT2D eigenvalue weighted by molar-refractivity contribution is -0.128. The largest absolute Gasteiger partial charge is 0.378 e. The van der Waals surface area contributed by atoms with Crippen LogP contribution in [0.1, 0.15) is 5.56 Å². The summed E-state index contributed by atoms with van der Waals surface area (Å²) in [4.78, 5) is 28.5. The number of nitrogens with zero attached hydrogens (tertiary/aromatic N) is 2. The molecule has 2 aliphatic heterocycles. The average Bonchev–Trinajstić information content (AvgIpc) is 2.63. The smallest absolute Gasteiger partial charge is 0.265 e. The van der Waals surface area contributed by atoms with Gasteiger partial charge in [0, 0.05) is 25.3 Å². The molecule has 2 aliphatic rings. The second kappa shape index (κ2) is 7.58. The van der Waals surface area contributed by atoms with Crippen LogP contribution in [-0.2, 0) is 14.3 Å². The third-order valence-electron chi connectivity index (χ3n) is 4.09. The second-order valence-electron chi connectivity index (χ2n) is 5.68. The Morgan fingerprint density at radius 2 is 1.96 bits per heavy atom. The number of ether oxygens (including phenoxy) is 1. The lowest BCUT2D eigenvalue weighted by Crippen LogP contribution is -2.53.